The normalized spacial score (nSPS) is 11.4. The minimum Gasteiger partial charge on any atom is -0.496 e. The van der Waals surface area contributed by atoms with Crippen molar-refractivity contribution in [3.63, 3.8) is 0 Å². The van der Waals surface area contributed by atoms with Crippen LogP contribution in [0, 0.1) is 6.92 Å². The first-order chi connectivity index (χ1) is 15.8. The van der Waals surface area contributed by atoms with E-state index in [1.807, 2.05) is 49.4 Å². The molecule has 0 bridgehead atoms. The summed E-state index contributed by atoms with van der Waals surface area (Å²) < 4.78 is 10.4. The molecule has 2 aromatic heterocycles. The van der Waals surface area contributed by atoms with Gasteiger partial charge in [0.2, 0.25) is 5.95 Å². The first-order valence-electron chi connectivity index (χ1n) is 10.1. The number of hydrazone groups is 1. The molecule has 0 spiro atoms. The predicted octanol–water partition coefficient (Wildman–Crippen LogP) is 3.01. The highest BCUT2D eigenvalue weighted by molar-refractivity contribution is 9.10. The number of aromatic nitrogens is 4. The Morgan fingerprint density at radius 2 is 1.94 bits per heavy atom. The summed E-state index contributed by atoms with van der Waals surface area (Å²) in [5, 5.41) is 4.33. The number of rotatable bonds is 6. The van der Waals surface area contributed by atoms with E-state index in [9.17, 15) is 9.59 Å². The van der Waals surface area contributed by atoms with Gasteiger partial charge in [-0.25, -0.2) is 10.2 Å². The fourth-order valence-electron chi connectivity index (χ4n) is 3.64. The van der Waals surface area contributed by atoms with E-state index in [2.05, 4.69) is 31.4 Å². The molecule has 0 saturated carbocycles. The summed E-state index contributed by atoms with van der Waals surface area (Å²) in [6.07, 6.45) is 1.61. The van der Waals surface area contributed by atoms with Crippen LogP contribution in [0.15, 0.2) is 61.6 Å². The third kappa shape index (κ3) is 4.34. The van der Waals surface area contributed by atoms with Crippen LogP contribution in [0.25, 0.3) is 11.2 Å². The van der Waals surface area contributed by atoms with Crippen LogP contribution in [-0.4, -0.2) is 32.0 Å². The molecule has 0 radical (unpaired) electrons. The summed E-state index contributed by atoms with van der Waals surface area (Å²) in [6.45, 7) is 2.39. The smallest absolute Gasteiger partial charge is 0.332 e. The van der Waals surface area contributed by atoms with Gasteiger partial charge in [0.1, 0.15) is 5.75 Å². The van der Waals surface area contributed by atoms with Gasteiger partial charge >= 0.3 is 5.69 Å². The monoisotopic (exact) mass is 510 g/mol. The number of ether oxygens (including phenoxy) is 1. The maximum Gasteiger partial charge on any atom is 0.332 e. The number of nitrogens with one attached hydrogen (secondary N) is 1. The molecule has 0 unspecified atom stereocenters. The Labute approximate surface area is 198 Å². The molecular weight excluding hydrogens is 488 g/mol. The lowest BCUT2D eigenvalue weighted by atomic mass is 10.1. The summed E-state index contributed by atoms with van der Waals surface area (Å²) in [4.78, 5) is 30.0. The highest BCUT2D eigenvalue weighted by Gasteiger charge is 2.19. The average Bonchev–Trinajstić information content (AvgIpc) is 3.14. The Morgan fingerprint density at radius 3 is 2.67 bits per heavy atom. The number of hydrogen-bond acceptors (Lipinski definition) is 6. The van der Waals surface area contributed by atoms with Gasteiger partial charge in [0.15, 0.2) is 11.2 Å². The highest BCUT2D eigenvalue weighted by atomic mass is 79.9. The molecule has 0 aliphatic rings. The van der Waals surface area contributed by atoms with Crippen molar-refractivity contribution in [1.29, 1.82) is 0 Å². The number of nitrogens with zero attached hydrogens (tertiary/aromatic N) is 5. The standard InChI is InChI=1S/C23H23BrN6O3/c1-14-6-5-7-15(10-14)13-30-19-20(28(2)23(32)29(3)21(19)31)26-22(30)27-25-12-16-11-17(24)8-9-18(16)33-4/h5-12H,13H2,1-4H3,(H,26,27)/b25-12+. The molecule has 2 heterocycles. The minimum absolute atomic E-state index is 0.286. The molecule has 0 amide bonds. The quantitative estimate of drug-likeness (QED) is 0.317. The van der Waals surface area contributed by atoms with E-state index in [4.69, 9.17) is 4.74 Å². The molecule has 0 atom stereocenters. The molecule has 4 aromatic rings. The van der Waals surface area contributed by atoms with Crippen LogP contribution in [0.3, 0.4) is 0 Å². The van der Waals surface area contributed by atoms with Gasteiger partial charge in [0, 0.05) is 24.1 Å². The Morgan fingerprint density at radius 1 is 1.15 bits per heavy atom. The van der Waals surface area contributed by atoms with E-state index in [1.54, 1.807) is 24.9 Å². The van der Waals surface area contributed by atoms with Crippen molar-refractivity contribution in [3.8, 4) is 5.75 Å². The van der Waals surface area contributed by atoms with Gasteiger partial charge in [-0.1, -0.05) is 45.8 Å². The number of imidazole rings is 1. The van der Waals surface area contributed by atoms with Crippen molar-refractivity contribution in [1.82, 2.24) is 18.7 Å². The second-order valence-electron chi connectivity index (χ2n) is 7.64. The molecule has 0 aliphatic heterocycles. The second kappa shape index (κ2) is 9.07. The number of methoxy groups -OCH3 is 1. The first-order valence-corrected chi connectivity index (χ1v) is 10.9. The van der Waals surface area contributed by atoms with Crippen molar-refractivity contribution in [2.75, 3.05) is 12.5 Å². The summed E-state index contributed by atoms with van der Waals surface area (Å²) in [7, 11) is 4.64. The van der Waals surface area contributed by atoms with Crippen LogP contribution in [0.1, 0.15) is 16.7 Å². The zero-order chi connectivity index (χ0) is 23.7. The molecule has 0 saturated heterocycles. The van der Waals surface area contributed by atoms with Gasteiger partial charge < -0.3 is 4.74 Å². The van der Waals surface area contributed by atoms with Gasteiger partial charge in [0.05, 0.1) is 19.9 Å². The summed E-state index contributed by atoms with van der Waals surface area (Å²) in [5.41, 5.74) is 5.53. The number of fused-ring (bicyclic) bond motifs is 1. The number of anilines is 1. The van der Waals surface area contributed by atoms with E-state index in [-0.39, 0.29) is 5.65 Å². The average molecular weight is 511 g/mol. The van der Waals surface area contributed by atoms with E-state index in [0.29, 0.717) is 23.8 Å². The van der Waals surface area contributed by atoms with E-state index in [1.165, 1.54) is 11.6 Å². The van der Waals surface area contributed by atoms with Gasteiger partial charge in [-0.2, -0.15) is 10.1 Å². The third-order valence-corrected chi connectivity index (χ3v) is 5.82. The van der Waals surface area contributed by atoms with Gasteiger partial charge in [-0.3, -0.25) is 18.5 Å². The van der Waals surface area contributed by atoms with Gasteiger partial charge in [0.25, 0.3) is 5.56 Å². The summed E-state index contributed by atoms with van der Waals surface area (Å²) in [6, 6.07) is 13.6. The predicted molar refractivity (Wildman–Crippen MR) is 132 cm³/mol. The van der Waals surface area contributed by atoms with Crippen LogP contribution in [-0.2, 0) is 20.6 Å². The topological polar surface area (TPSA) is 95.4 Å². The molecule has 10 heteroatoms. The molecule has 33 heavy (non-hydrogen) atoms. The maximum atomic E-state index is 13.0. The van der Waals surface area contributed by atoms with Crippen molar-refractivity contribution in [2.24, 2.45) is 19.2 Å². The van der Waals surface area contributed by atoms with Crippen LogP contribution in [0.5, 0.6) is 5.75 Å². The van der Waals surface area contributed by atoms with Crippen molar-refractivity contribution < 1.29 is 4.74 Å². The fourth-order valence-corrected chi connectivity index (χ4v) is 4.02. The molecule has 2 aromatic carbocycles. The van der Waals surface area contributed by atoms with Gasteiger partial charge in [-0.15, -0.1) is 0 Å². The maximum absolute atomic E-state index is 13.0. The number of halogens is 1. The van der Waals surface area contributed by atoms with Crippen molar-refractivity contribution in [3.05, 3.63) is 84.5 Å². The molecule has 9 nitrogen and oxygen atoms in total. The lowest BCUT2D eigenvalue weighted by Gasteiger charge is -2.10. The fraction of sp³-hybridized carbons (Fsp3) is 0.217. The third-order valence-electron chi connectivity index (χ3n) is 5.33. The second-order valence-corrected chi connectivity index (χ2v) is 8.56. The van der Waals surface area contributed by atoms with Crippen LogP contribution in [0.2, 0.25) is 0 Å². The lowest BCUT2D eigenvalue weighted by Crippen LogP contribution is -2.37. The SMILES string of the molecule is COc1ccc(Br)cc1/C=N/Nc1nc2c(c(=O)n(C)c(=O)n2C)n1Cc1cccc(C)c1. The molecular formula is C23H23BrN6O3. The van der Waals surface area contributed by atoms with E-state index < -0.39 is 11.2 Å². The van der Waals surface area contributed by atoms with Crippen molar-refractivity contribution in [2.45, 2.75) is 13.5 Å². The molecule has 4 rings (SSSR count). The van der Waals surface area contributed by atoms with E-state index >= 15 is 0 Å². The van der Waals surface area contributed by atoms with Gasteiger partial charge in [-0.05, 0) is 30.7 Å². The van der Waals surface area contributed by atoms with Crippen molar-refractivity contribution >= 4 is 39.3 Å². The number of hydrogen-bond donors (Lipinski definition) is 1. The first kappa shape index (κ1) is 22.5. The number of benzene rings is 2. The van der Waals surface area contributed by atoms with Crippen LogP contribution < -0.4 is 21.4 Å². The Balaban J connectivity index is 1.83. The molecule has 0 aliphatic carbocycles. The molecule has 1 N–H and O–H groups in total. The zero-order valence-corrected chi connectivity index (χ0v) is 20.3. The largest absolute Gasteiger partial charge is 0.496 e. The summed E-state index contributed by atoms with van der Waals surface area (Å²) >= 11 is 3.45. The number of aryl methyl sites for hydroxylation is 2. The Kier molecular flexibility index (Phi) is 6.19. The molecule has 170 valence electrons. The highest BCUT2D eigenvalue weighted by Crippen LogP contribution is 2.22. The van der Waals surface area contributed by atoms with E-state index in [0.717, 1.165) is 25.7 Å². The zero-order valence-electron chi connectivity index (χ0n) is 18.7. The lowest BCUT2D eigenvalue weighted by molar-refractivity contribution is 0.414. The summed E-state index contributed by atoms with van der Waals surface area (Å²) in [5.74, 6) is 1.00. The minimum atomic E-state index is -0.443. The Bertz CT molecular complexity index is 1500. The molecule has 0 fully saturated rings. The van der Waals surface area contributed by atoms with Crippen LogP contribution >= 0.6 is 15.9 Å². The Hall–Kier alpha value is -3.66. The van der Waals surface area contributed by atoms with Crippen LogP contribution in [0.4, 0.5) is 5.95 Å².